The van der Waals surface area contributed by atoms with Gasteiger partial charge in [0, 0.05) is 11.6 Å². The van der Waals surface area contributed by atoms with Gasteiger partial charge in [0.15, 0.2) is 0 Å². The first kappa shape index (κ1) is 9.01. The fourth-order valence-electron chi connectivity index (χ4n) is 2.22. The topological polar surface area (TPSA) is 15.3 Å². The molecule has 1 heterocycles. The SMILES string of the molecule is CNN1C(C)CC(C)C1(C)C. The van der Waals surface area contributed by atoms with Gasteiger partial charge < -0.3 is 0 Å². The minimum Gasteiger partial charge on any atom is -0.258 e. The van der Waals surface area contributed by atoms with E-state index in [0.29, 0.717) is 11.6 Å². The van der Waals surface area contributed by atoms with Crippen molar-refractivity contribution in [2.24, 2.45) is 5.92 Å². The average Bonchev–Trinajstić information content (AvgIpc) is 2.04. The van der Waals surface area contributed by atoms with E-state index in [1.165, 1.54) is 6.42 Å². The van der Waals surface area contributed by atoms with Crippen molar-refractivity contribution in [2.75, 3.05) is 7.05 Å². The monoisotopic (exact) mass is 156 g/mol. The molecule has 0 aliphatic carbocycles. The number of hydrazine groups is 1. The van der Waals surface area contributed by atoms with E-state index in [-0.39, 0.29) is 0 Å². The molecule has 1 fully saturated rings. The van der Waals surface area contributed by atoms with Crippen LogP contribution < -0.4 is 5.43 Å². The van der Waals surface area contributed by atoms with Crippen LogP contribution in [0.3, 0.4) is 0 Å². The van der Waals surface area contributed by atoms with Crippen molar-refractivity contribution in [1.29, 1.82) is 0 Å². The van der Waals surface area contributed by atoms with Crippen LogP contribution in [0.25, 0.3) is 0 Å². The van der Waals surface area contributed by atoms with E-state index in [2.05, 4.69) is 38.1 Å². The van der Waals surface area contributed by atoms with E-state index in [1.54, 1.807) is 0 Å². The lowest BCUT2D eigenvalue weighted by molar-refractivity contribution is 0.0674. The molecule has 0 aromatic rings. The molecule has 0 bridgehead atoms. The van der Waals surface area contributed by atoms with Crippen LogP contribution in [-0.2, 0) is 0 Å². The molecule has 66 valence electrons. The van der Waals surface area contributed by atoms with Gasteiger partial charge in [-0.2, -0.15) is 0 Å². The van der Waals surface area contributed by atoms with Crippen molar-refractivity contribution in [3.63, 3.8) is 0 Å². The summed E-state index contributed by atoms with van der Waals surface area (Å²) in [6, 6.07) is 0.671. The number of rotatable bonds is 1. The third-order valence-corrected chi connectivity index (χ3v) is 3.20. The van der Waals surface area contributed by atoms with Gasteiger partial charge in [-0.1, -0.05) is 6.92 Å². The van der Waals surface area contributed by atoms with Crippen LogP contribution in [-0.4, -0.2) is 23.6 Å². The van der Waals surface area contributed by atoms with Crippen LogP contribution >= 0.6 is 0 Å². The lowest BCUT2D eigenvalue weighted by Gasteiger charge is -2.35. The average molecular weight is 156 g/mol. The van der Waals surface area contributed by atoms with Gasteiger partial charge in [0.2, 0.25) is 0 Å². The summed E-state index contributed by atoms with van der Waals surface area (Å²) in [5, 5.41) is 2.36. The normalized spacial score (nSPS) is 37.9. The third kappa shape index (κ3) is 1.30. The summed E-state index contributed by atoms with van der Waals surface area (Å²) in [6.45, 7) is 9.21. The molecule has 2 heteroatoms. The van der Waals surface area contributed by atoms with Gasteiger partial charge in [-0.15, -0.1) is 0 Å². The van der Waals surface area contributed by atoms with Gasteiger partial charge in [0.1, 0.15) is 0 Å². The largest absolute Gasteiger partial charge is 0.258 e. The summed E-state index contributed by atoms with van der Waals surface area (Å²) < 4.78 is 0. The first-order chi connectivity index (χ1) is 5.00. The molecule has 0 radical (unpaired) electrons. The lowest BCUT2D eigenvalue weighted by Crippen LogP contribution is -2.50. The molecule has 2 nitrogen and oxygen atoms in total. The molecule has 1 aliphatic rings. The summed E-state index contributed by atoms with van der Waals surface area (Å²) in [6.07, 6.45) is 1.30. The fraction of sp³-hybridized carbons (Fsp3) is 1.00. The summed E-state index contributed by atoms with van der Waals surface area (Å²) in [7, 11) is 2.01. The molecular weight excluding hydrogens is 136 g/mol. The van der Waals surface area contributed by atoms with Crippen LogP contribution in [0.15, 0.2) is 0 Å². The first-order valence-electron chi connectivity index (χ1n) is 4.47. The molecule has 0 saturated carbocycles. The zero-order valence-electron chi connectivity index (χ0n) is 8.31. The van der Waals surface area contributed by atoms with Crippen molar-refractivity contribution in [1.82, 2.24) is 10.4 Å². The second kappa shape index (κ2) is 2.76. The Morgan fingerprint density at radius 2 is 1.91 bits per heavy atom. The van der Waals surface area contributed by atoms with Crippen molar-refractivity contribution in [3.05, 3.63) is 0 Å². The molecule has 1 rings (SSSR count). The predicted octanol–water partition coefficient (Wildman–Crippen LogP) is 1.63. The van der Waals surface area contributed by atoms with Crippen molar-refractivity contribution >= 4 is 0 Å². The Morgan fingerprint density at radius 3 is 2.09 bits per heavy atom. The van der Waals surface area contributed by atoms with Gasteiger partial charge in [-0.3, -0.25) is 5.43 Å². The highest BCUT2D eigenvalue weighted by atomic mass is 15.6. The third-order valence-electron chi connectivity index (χ3n) is 3.20. The van der Waals surface area contributed by atoms with Gasteiger partial charge in [-0.25, -0.2) is 5.01 Å². The smallest absolute Gasteiger partial charge is 0.0326 e. The molecule has 1 N–H and O–H groups in total. The Labute approximate surface area is 69.9 Å². The van der Waals surface area contributed by atoms with Crippen molar-refractivity contribution < 1.29 is 0 Å². The van der Waals surface area contributed by atoms with Crippen LogP contribution in [0, 0.1) is 5.92 Å². The maximum absolute atomic E-state index is 3.27. The molecule has 0 aromatic heterocycles. The first-order valence-corrected chi connectivity index (χ1v) is 4.47. The molecule has 2 unspecified atom stereocenters. The highest BCUT2D eigenvalue weighted by Crippen LogP contribution is 2.36. The highest BCUT2D eigenvalue weighted by Gasteiger charge is 2.42. The summed E-state index contributed by atoms with van der Waals surface area (Å²) in [5.41, 5.74) is 3.58. The lowest BCUT2D eigenvalue weighted by atomic mass is 9.91. The number of nitrogens with zero attached hydrogens (tertiary/aromatic N) is 1. The second-order valence-electron chi connectivity index (χ2n) is 4.23. The molecule has 11 heavy (non-hydrogen) atoms. The van der Waals surface area contributed by atoms with Gasteiger partial charge in [-0.05, 0) is 40.2 Å². The van der Waals surface area contributed by atoms with Crippen molar-refractivity contribution in [3.8, 4) is 0 Å². The number of nitrogens with one attached hydrogen (secondary N) is 1. The van der Waals surface area contributed by atoms with Gasteiger partial charge >= 0.3 is 0 Å². The number of hydrogen-bond acceptors (Lipinski definition) is 2. The van der Waals surface area contributed by atoms with E-state index in [9.17, 15) is 0 Å². The molecule has 0 amide bonds. The summed E-state index contributed by atoms with van der Waals surface area (Å²) in [5.74, 6) is 0.782. The Hall–Kier alpha value is -0.0800. The minimum absolute atomic E-state index is 0.314. The standard InChI is InChI=1S/C9H20N2/c1-7-6-8(2)11(10-5)9(7,3)4/h7-8,10H,6H2,1-5H3. The highest BCUT2D eigenvalue weighted by molar-refractivity contribution is 4.94. The molecule has 0 spiro atoms. The Balaban J connectivity index is 2.76. The predicted molar refractivity (Wildman–Crippen MR) is 48.2 cm³/mol. The number of hydrogen-bond donors (Lipinski definition) is 1. The van der Waals surface area contributed by atoms with Crippen LogP contribution in [0.5, 0.6) is 0 Å². The second-order valence-corrected chi connectivity index (χ2v) is 4.23. The van der Waals surface area contributed by atoms with E-state index in [0.717, 1.165) is 5.92 Å². The maximum Gasteiger partial charge on any atom is 0.0326 e. The maximum atomic E-state index is 3.27. The Bertz CT molecular complexity index is 142. The van der Waals surface area contributed by atoms with Gasteiger partial charge in [0.25, 0.3) is 0 Å². The van der Waals surface area contributed by atoms with Crippen LogP contribution in [0.4, 0.5) is 0 Å². The fourth-order valence-corrected chi connectivity index (χ4v) is 2.22. The molecule has 1 saturated heterocycles. The molecular formula is C9H20N2. The van der Waals surface area contributed by atoms with E-state index in [1.807, 2.05) is 7.05 Å². The van der Waals surface area contributed by atoms with Gasteiger partial charge in [0.05, 0.1) is 0 Å². The van der Waals surface area contributed by atoms with E-state index < -0.39 is 0 Å². The van der Waals surface area contributed by atoms with Crippen LogP contribution in [0.1, 0.15) is 34.1 Å². The Kier molecular flexibility index (Phi) is 2.26. The minimum atomic E-state index is 0.314. The molecule has 0 aromatic carbocycles. The summed E-state index contributed by atoms with van der Waals surface area (Å²) in [4.78, 5) is 0. The summed E-state index contributed by atoms with van der Waals surface area (Å²) >= 11 is 0. The Morgan fingerprint density at radius 1 is 1.36 bits per heavy atom. The van der Waals surface area contributed by atoms with Crippen LogP contribution in [0.2, 0.25) is 0 Å². The van der Waals surface area contributed by atoms with Crippen molar-refractivity contribution in [2.45, 2.75) is 45.7 Å². The zero-order chi connectivity index (χ0) is 8.65. The zero-order valence-corrected chi connectivity index (χ0v) is 8.31. The van der Waals surface area contributed by atoms with E-state index in [4.69, 9.17) is 0 Å². The van der Waals surface area contributed by atoms with E-state index >= 15 is 0 Å². The quantitative estimate of drug-likeness (QED) is 0.620. The molecule has 2 atom stereocenters. The molecule has 1 aliphatic heterocycles.